The van der Waals surface area contributed by atoms with E-state index in [-0.39, 0.29) is 6.04 Å². The van der Waals surface area contributed by atoms with Gasteiger partial charge in [0.15, 0.2) is 16.3 Å². The van der Waals surface area contributed by atoms with Gasteiger partial charge in [-0.1, -0.05) is 30.3 Å². The lowest BCUT2D eigenvalue weighted by atomic mass is 9.88. The second kappa shape index (κ2) is 8.39. The molecule has 1 unspecified atom stereocenters. The fourth-order valence-corrected chi connectivity index (χ4v) is 4.31. The van der Waals surface area contributed by atoms with Gasteiger partial charge in [0.1, 0.15) is 6.33 Å². The number of nitrogens with zero attached hydrogens (tertiary/aromatic N) is 4. The summed E-state index contributed by atoms with van der Waals surface area (Å²) in [6.07, 6.45) is 2.74. The van der Waals surface area contributed by atoms with E-state index in [1.807, 2.05) is 21.6 Å². The van der Waals surface area contributed by atoms with Crippen LogP contribution >= 0.6 is 12.2 Å². The van der Waals surface area contributed by atoms with E-state index < -0.39 is 0 Å². The van der Waals surface area contributed by atoms with Gasteiger partial charge < -0.3 is 14.0 Å². The van der Waals surface area contributed by atoms with Gasteiger partial charge in [-0.3, -0.25) is 4.90 Å². The first kappa shape index (κ1) is 19.7. The molecule has 3 aromatic rings. The molecule has 0 bridgehead atoms. The van der Waals surface area contributed by atoms with Gasteiger partial charge in [-0.2, -0.15) is 5.10 Å². The zero-order chi connectivity index (χ0) is 20.4. The molecular weight excluding hydrogens is 384 g/mol. The fraction of sp³-hybridized carbons (Fsp3) is 0.364. The zero-order valence-corrected chi connectivity index (χ0v) is 17.9. The molecule has 6 nitrogen and oxygen atoms in total. The Morgan fingerprint density at radius 1 is 1.10 bits per heavy atom. The van der Waals surface area contributed by atoms with Crippen LogP contribution in [0.3, 0.4) is 0 Å². The molecule has 0 saturated heterocycles. The molecule has 0 saturated carbocycles. The maximum atomic E-state index is 5.60. The first-order valence-corrected chi connectivity index (χ1v) is 10.2. The smallest absolute Gasteiger partial charge is 0.198 e. The number of methoxy groups -OCH3 is 2. The van der Waals surface area contributed by atoms with E-state index in [9.17, 15) is 0 Å². The van der Waals surface area contributed by atoms with Gasteiger partial charge >= 0.3 is 0 Å². The number of rotatable bonds is 6. The molecule has 2 aromatic carbocycles. The molecule has 152 valence electrons. The topological polar surface area (TPSA) is 44.5 Å². The highest BCUT2D eigenvalue weighted by atomic mass is 32.1. The lowest BCUT2D eigenvalue weighted by molar-refractivity contribution is 0.154. The molecular formula is C22H26N4O2S. The van der Waals surface area contributed by atoms with Crippen LogP contribution in [0.5, 0.6) is 11.5 Å². The van der Waals surface area contributed by atoms with Crippen LogP contribution in [0.4, 0.5) is 0 Å². The average Bonchev–Trinajstić information content (AvgIpc) is 3.12. The van der Waals surface area contributed by atoms with Crippen molar-refractivity contribution < 1.29 is 9.47 Å². The number of ether oxygens (including phenoxy) is 2. The van der Waals surface area contributed by atoms with Crippen molar-refractivity contribution in [2.75, 3.05) is 20.8 Å². The molecule has 1 aliphatic rings. The minimum absolute atomic E-state index is 0.0911. The van der Waals surface area contributed by atoms with E-state index in [1.165, 1.54) is 16.7 Å². The number of hydrogen-bond acceptors (Lipinski definition) is 5. The first-order valence-electron chi connectivity index (χ1n) is 9.82. The molecule has 0 spiro atoms. The Kier molecular flexibility index (Phi) is 5.69. The van der Waals surface area contributed by atoms with Crippen LogP contribution in [0.1, 0.15) is 29.7 Å². The van der Waals surface area contributed by atoms with Crippen LogP contribution in [-0.4, -0.2) is 40.0 Å². The number of hydrogen-bond donors (Lipinski definition) is 0. The SMILES string of the molecule is CCn1cnn(CN2CCc3cc(OC)c(OC)cc3C2c2ccccc2)c1=S. The highest BCUT2D eigenvalue weighted by Gasteiger charge is 2.30. The monoisotopic (exact) mass is 410 g/mol. The lowest BCUT2D eigenvalue weighted by Gasteiger charge is -2.37. The largest absolute Gasteiger partial charge is 0.493 e. The van der Waals surface area contributed by atoms with E-state index in [0.29, 0.717) is 6.67 Å². The van der Waals surface area contributed by atoms with Gasteiger partial charge in [0.05, 0.1) is 26.9 Å². The highest BCUT2D eigenvalue weighted by Crippen LogP contribution is 2.41. The summed E-state index contributed by atoms with van der Waals surface area (Å²) in [5, 5.41) is 4.51. The van der Waals surface area contributed by atoms with Gasteiger partial charge in [-0.05, 0) is 54.4 Å². The summed E-state index contributed by atoms with van der Waals surface area (Å²) < 4.78 is 15.8. The van der Waals surface area contributed by atoms with Crippen molar-refractivity contribution in [2.24, 2.45) is 0 Å². The van der Waals surface area contributed by atoms with Crippen molar-refractivity contribution in [1.82, 2.24) is 19.2 Å². The number of benzene rings is 2. The average molecular weight is 411 g/mol. The van der Waals surface area contributed by atoms with Crippen LogP contribution in [0.15, 0.2) is 48.8 Å². The van der Waals surface area contributed by atoms with E-state index in [1.54, 1.807) is 14.2 Å². The Morgan fingerprint density at radius 3 is 2.48 bits per heavy atom. The summed E-state index contributed by atoms with van der Waals surface area (Å²) in [6, 6.07) is 14.9. The minimum atomic E-state index is 0.0911. The molecule has 1 atom stereocenters. The number of aromatic nitrogens is 3. The molecule has 29 heavy (non-hydrogen) atoms. The van der Waals surface area contributed by atoms with Gasteiger partial charge in [-0.15, -0.1) is 0 Å². The molecule has 1 aliphatic heterocycles. The summed E-state index contributed by atoms with van der Waals surface area (Å²) in [5.41, 5.74) is 3.76. The van der Waals surface area contributed by atoms with Crippen molar-refractivity contribution in [3.8, 4) is 11.5 Å². The molecule has 7 heteroatoms. The number of fused-ring (bicyclic) bond motifs is 1. The highest BCUT2D eigenvalue weighted by molar-refractivity contribution is 7.71. The normalized spacial score (nSPS) is 16.4. The maximum absolute atomic E-state index is 5.60. The predicted molar refractivity (Wildman–Crippen MR) is 115 cm³/mol. The third-order valence-corrected chi connectivity index (χ3v) is 5.99. The van der Waals surface area contributed by atoms with Crippen molar-refractivity contribution >= 4 is 12.2 Å². The van der Waals surface area contributed by atoms with Crippen molar-refractivity contribution in [3.05, 3.63) is 70.3 Å². The molecule has 0 amide bonds. The van der Waals surface area contributed by atoms with Crippen molar-refractivity contribution in [1.29, 1.82) is 0 Å². The Bertz CT molecular complexity index is 1040. The van der Waals surface area contributed by atoms with E-state index in [0.717, 1.165) is 35.8 Å². The van der Waals surface area contributed by atoms with E-state index >= 15 is 0 Å². The molecule has 0 radical (unpaired) electrons. The standard InChI is InChI=1S/C22H26N4O2S/c1-4-24-14-23-26(22(24)29)15-25-11-10-17-12-19(27-2)20(28-3)13-18(17)21(25)16-8-6-5-7-9-16/h5-9,12-14,21H,4,10-11,15H2,1-3H3. The Hall–Kier alpha value is -2.64. The summed E-state index contributed by atoms with van der Waals surface area (Å²) >= 11 is 5.60. The van der Waals surface area contributed by atoms with Crippen LogP contribution in [0.25, 0.3) is 0 Å². The van der Waals surface area contributed by atoms with Gasteiger partial charge in [0.2, 0.25) is 0 Å². The summed E-state index contributed by atoms with van der Waals surface area (Å²) in [7, 11) is 3.36. The quantitative estimate of drug-likeness (QED) is 0.574. The molecule has 2 heterocycles. The third kappa shape index (κ3) is 3.68. The van der Waals surface area contributed by atoms with Crippen molar-refractivity contribution in [3.63, 3.8) is 0 Å². The molecule has 4 rings (SSSR count). The predicted octanol–water partition coefficient (Wildman–Crippen LogP) is 4.06. The van der Waals surface area contributed by atoms with Crippen LogP contribution in [0, 0.1) is 4.77 Å². The van der Waals surface area contributed by atoms with Crippen LogP contribution in [0.2, 0.25) is 0 Å². The maximum Gasteiger partial charge on any atom is 0.198 e. The van der Waals surface area contributed by atoms with Crippen molar-refractivity contribution in [2.45, 2.75) is 32.6 Å². The summed E-state index contributed by atoms with van der Waals surface area (Å²) in [6.45, 7) is 4.44. The van der Waals surface area contributed by atoms with Gasteiger partial charge in [0.25, 0.3) is 0 Å². The van der Waals surface area contributed by atoms with Crippen LogP contribution in [-0.2, 0) is 19.6 Å². The molecule has 0 aliphatic carbocycles. The van der Waals surface area contributed by atoms with Gasteiger partial charge in [0, 0.05) is 13.1 Å². The lowest BCUT2D eigenvalue weighted by Crippen LogP contribution is -2.37. The fourth-order valence-electron chi connectivity index (χ4n) is 4.03. The molecule has 0 fully saturated rings. The zero-order valence-electron chi connectivity index (χ0n) is 17.0. The van der Waals surface area contributed by atoms with E-state index in [2.05, 4.69) is 53.3 Å². The summed E-state index contributed by atoms with van der Waals surface area (Å²) in [5.74, 6) is 1.52. The first-order chi connectivity index (χ1) is 14.2. The second-order valence-corrected chi connectivity index (χ2v) is 7.49. The van der Waals surface area contributed by atoms with Gasteiger partial charge in [-0.25, -0.2) is 4.68 Å². The van der Waals surface area contributed by atoms with E-state index in [4.69, 9.17) is 21.7 Å². The van der Waals surface area contributed by atoms with Crippen LogP contribution < -0.4 is 9.47 Å². The molecule has 1 aromatic heterocycles. The minimum Gasteiger partial charge on any atom is -0.493 e. The summed E-state index contributed by atoms with van der Waals surface area (Å²) in [4.78, 5) is 2.42. The Balaban J connectivity index is 1.78. The Labute approximate surface area is 176 Å². The number of aryl methyl sites for hydroxylation is 1. The molecule has 0 N–H and O–H groups in total. The second-order valence-electron chi connectivity index (χ2n) is 7.12. The third-order valence-electron chi connectivity index (χ3n) is 5.54. The Morgan fingerprint density at radius 2 is 1.83 bits per heavy atom.